The number of hydrogen-bond acceptors (Lipinski definition) is 6. The predicted octanol–water partition coefficient (Wildman–Crippen LogP) is 4.97. The van der Waals surface area contributed by atoms with Crippen LogP contribution in [0.5, 0.6) is 0 Å². The number of aromatic nitrogens is 7. The Bertz CT molecular complexity index is 1390. The van der Waals surface area contributed by atoms with Gasteiger partial charge in [0.05, 0.1) is 29.3 Å². The first-order valence-electron chi connectivity index (χ1n) is 9.80. The summed E-state index contributed by atoms with van der Waals surface area (Å²) in [5, 5.41) is 11.3. The third-order valence-corrected chi connectivity index (χ3v) is 4.99. The quantitative estimate of drug-likeness (QED) is 0.415. The number of H-pyrrole nitrogens is 1. The molecule has 0 aromatic carbocycles. The molecule has 11 heteroatoms. The summed E-state index contributed by atoms with van der Waals surface area (Å²) in [6.07, 6.45) is 5.13. The average molecular weight is 439 g/mol. The lowest BCUT2D eigenvalue weighted by molar-refractivity contribution is -0.159. The van der Waals surface area contributed by atoms with Crippen LogP contribution in [0.1, 0.15) is 19.2 Å². The van der Waals surface area contributed by atoms with Gasteiger partial charge in [0.15, 0.2) is 0 Å². The van der Waals surface area contributed by atoms with Crippen LogP contribution in [0.3, 0.4) is 0 Å². The lowest BCUT2D eigenvalue weighted by Crippen LogP contribution is -2.04. The first-order chi connectivity index (χ1) is 15.4. The fourth-order valence-electron chi connectivity index (χ4n) is 3.55. The summed E-state index contributed by atoms with van der Waals surface area (Å²) in [4.78, 5) is 12.3. The average Bonchev–Trinajstić information content (AvgIpc) is 3.53. The molecule has 0 unspecified atom stereocenters. The lowest BCUT2D eigenvalue weighted by Gasteiger charge is -2.05. The van der Waals surface area contributed by atoms with Crippen molar-refractivity contribution < 1.29 is 17.7 Å². The minimum atomic E-state index is -4.71. The van der Waals surface area contributed by atoms with Crippen molar-refractivity contribution in [3.63, 3.8) is 0 Å². The number of nitrogens with one attached hydrogen (secondary N) is 1. The molecule has 0 amide bonds. The van der Waals surface area contributed by atoms with Crippen molar-refractivity contribution in [2.45, 2.75) is 26.1 Å². The van der Waals surface area contributed by atoms with Crippen LogP contribution in [0, 0.1) is 0 Å². The molecule has 0 saturated heterocycles. The van der Waals surface area contributed by atoms with E-state index in [4.69, 9.17) is 0 Å². The van der Waals surface area contributed by atoms with Crippen LogP contribution in [-0.2, 0) is 12.7 Å². The van der Waals surface area contributed by atoms with Crippen molar-refractivity contribution in [2.75, 3.05) is 0 Å². The molecule has 5 heterocycles. The first-order valence-corrected chi connectivity index (χ1v) is 9.80. The molecule has 0 fully saturated rings. The molecule has 32 heavy (non-hydrogen) atoms. The molecular formula is C21H16F3N7O. The molecule has 0 aliphatic rings. The number of rotatable bonds is 5. The Morgan fingerprint density at radius 2 is 1.94 bits per heavy atom. The molecule has 0 atom stereocenters. The number of aromatic amines is 1. The molecule has 8 nitrogen and oxygen atoms in total. The minimum Gasteiger partial charge on any atom is -0.346 e. The van der Waals surface area contributed by atoms with Gasteiger partial charge in [-0.25, -0.2) is 0 Å². The van der Waals surface area contributed by atoms with E-state index in [-0.39, 0.29) is 5.82 Å². The van der Waals surface area contributed by atoms with Crippen LogP contribution in [0.4, 0.5) is 13.2 Å². The van der Waals surface area contributed by atoms with Gasteiger partial charge in [-0.3, -0.25) is 15.1 Å². The second-order valence-electron chi connectivity index (χ2n) is 7.16. The molecule has 5 rings (SSSR count). The largest absolute Gasteiger partial charge is 0.471 e. The third-order valence-electron chi connectivity index (χ3n) is 4.99. The van der Waals surface area contributed by atoms with Crippen molar-refractivity contribution in [1.29, 1.82) is 0 Å². The van der Waals surface area contributed by atoms with Gasteiger partial charge in [0.1, 0.15) is 0 Å². The molecule has 0 bridgehead atoms. The van der Waals surface area contributed by atoms with E-state index in [0.29, 0.717) is 17.0 Å². The van der Waals surface area contributed by atoms with Gasteiger partial charge < -0.3 is 9.09 Å². The van der Waals surface area contributed by atoms with Crippen molar-refractivity contribution in [1.82, 2.24) is 34.9 Å². The molecule has 162 valence electrons. The zero-order chi connectivity index (χ0) is 22.3. The topological polar surface area (TPSA) is 98.3 Å². The van der Waals surface area contributed by atoms with E-state index in [2.05, 4.69) is 52.5 Å². The Morgan fingerprint density at radius 1 is 1.09 bits per heavy atom. The number of hydrogen-bond donors (Lipinski definition) is 1. The van der Waals surface area contributed by atoms with E-state index in [9.17, 15) is 13.2 Å². The SMILES string of the molecule is CCCn1cc(-c2cn[nH]c2)c2cc(-c3cc(-c4noc(C(F)(F)F)n4)ccn3)ncc21. The van der Waals surface area contributed by atoms with Crippen molar-refractivity contribution >= 4 is 10.9 Å². The molecule has 0 aliphatic carbocycles. The molecule has 5 aromatic rings. The van der Waals surface area contributed by atoms with E-state index in [1.165, 1.54) is 12.3 Å². The maximum absolute atomic E-state index is 12.8. The smallest absolute Gasteiger partial charge is 0.346 e. The Hall–Kier alpha value is -4.02. The molecule has 0 radical (unpaired) electrons. The summed E-state index contributed by atoms with van der Waals surface area (Å²) < 4.78 is 44.9. The number of pyridine rings is 2. The van der Waals surface area contributed by atoms with Crippen molar-refractivity contribution in [2.24, 2.45) is 0 Å². The standard InChI is InChI=1S/C21H16F3N7O/c1-2-5-31-11-15(13-8-27-28-9-13)14-7-17(26-10-18(14)31)16-6-12(3-4-25-16)19-29-20(32-30-19)21(22,23)24/h3-4,6-11H,2,5H2,1H3,(H,27,28). The molecule has 0 spiro atoms. The number of aryl methyl sites for hydroxylation is 1. The molecule has 0 saturated carbocycles. The van der Waals surface area contributed by atoms with Crippen LogP contribution >= 0.6 is 0 Å². The summed E-state index contributed by atoms with van der Waals surface area (Å²) in [5.41, 5.74) is 4.29. The van der Waals surface area contributed by atoms with Gasteiger partial charge in [0.2, 0.25) is 5.82 Å². The molecular weight excluding hydrogens is 423 g/mol. The Labute approximate surface area is 179 Å². The number of halogens is 3. The molecule has 0 aliphatic heterocycles. The summed E-state index contributed by atoms with van der Waals surface area (Å²) in [6.45, 7) is 2.94. The first kappa shape index (κ1) is 19.9. The maximum Gasteiger partial charge on any atom is 0.471 e. The van der Waals surface area contributed by atoms with Crippen LogP contribution in [-0.4, -0.2) is 34.9 Å². The number of alkyl halides is 3. The normalized spacial score (nSPS) is 12.0. The summed E-state index contributed by atoms with van der Waals surface area (Å²) in [6, 6.07) is 5.01. The van der Waals surface area contributed by atoms with Gasteiger partial charge in [0.25, 0.3) is 0 Å². The van der Waals surface area contributed by atoms with Crippen LogP contribution in [0.25, 0.3) is 44.8 Å². The summed E-state index contributed by atoms with van der Waals surface area (Å²) in [5.74, 6) is -1.57. The molecule has 5 aromatic heterocycles. The summed E-state index contributed by atoms with van der Waals surface area (Å²) in [7, 11) is 0. The van der Waals surface area contributed by atoms with E-state index in [1.807, 2.05) is 12.3 Å². The van der Waals surface area contributed by atoms with Crippen LogP contribution in [0.2, 0.25) is 0 Å². The zero-order valence-electron chi connectivity index (χ0n) is 16.8. The predicted molar refractivity (Wildman–Crippen MR) is 109 cm³/mol. The number of fused-ring (bicyclic) bond motifs is 1. The fraction of sp³-hybridized carbons (Fsp3) is 0.190. The third kappa shape index (κ3) is 3.51. The highest BCUT2D eigenvalue weighted by molar-refractivity contribution is 5.97. The van der Waals surface area contributed by atoms with Gasteiger partial charge in [0, 0.05) is 47.2 Å². The zero-order valence-corrected chi connectivity index (χ0v) is 16.8. The van der Waals surface area contributed by atoms with Crippen molar-refractivity contribution in [3.8, 4) is 33.9 Å². The van der Waals surface area contributed by atoms with E-state index in [0.717, 1.165) is 35.0 Å². The highest BCUT2D eigenvalue weighted by atomic mass is 19.4. The Kier molecular flexibility index (Phi) is 4.72. The monoisotopic (exact) mass is 439 g/mol. The lowest BCUT2D eigenvalue weighted by atomic mass is 10.1. The minimum absolute atomic E-state index is 0.171. The van der Waals surface area contributed by atoms with Gasteiger partial charge in [-0.15, -0.1) is 0 Å². The van der Waals surface area contributed by atoms with Gasteiger partial charge >= 0.3 is 12.1 Å². The summed E-state index contributed by atoms with van der Waals surface area (Å²) >= 11 is 0. The van der Waals surface area contributed by atoms with E-state index < -0.39 is 12.1 Å². The van der Waals surface area contributed by atoms with Gasteiger partial charge in [-0.1, -0.05) is 12.1 Å². The second kappa shape index (κ2) is 7.59. The van der Waals surface area contributed by atoms with E-state index in [1.54, 1.807) is 18.5 Å². The van der Waals surface area contributed by atoms with Crippen LogP contribution in [0.15, 0.2) is 53.7 Å². The van der Waals surface area contributed by atoms with Crippen LogP contribution < -0.4 is 0 Å². The van der Waals surface area contributed by atoms with Gasteiger partial charge in [-0.05, 0) is 24.6 Å². The second-order valence-corrected chi connectivity index (χ2v) is 7.16. The Morgan fingerprint density at radius 3 is 2.66 bits per heavy atom. The van der Waals surface area contributed by atoms with Gasteiger partial charge in [-0.2, -0.15) is 23.3 Å². The highest BCUT2D eigenvalue weighted by Gasteiger charge is 2.38. The highest BCUT2D eigenvalue weighted by Crippen LogP contribution is 2.33. The Balaban J connectivity index is 1.59. The molecule has 1 N–H and O–H groups in total. The fourth-order valence-corrected chi connectivity index (χ4v) is 3.55. The van der Waals surface area contributed by atoms with Crippen molar-refractivity contribution in [3.05, 3.63) is 55.1 Å². The van der Waals surface area contributed by atoms with E-state index >= 15 is 0 Å². The number of nitrogens with zero attached hydrogens (tertiary/aromatic N) is 6. The maximum atomic E-state index is 12.8.